The van der Waals surface area contributed by atoms with E-state index in [0.717, 1.165) is 11.3 Å². The van der Waals surface area contributed by atoms with E-state index in [9.17, 15) is 9.59 Å². The van der Waals surface area contributed by atoms with Gasteiger partial charge in [0.15, 0.2) is 0 Å². The zero-order valence-electron chi connectivity index (χ0n) is 12.4. The van der Waals surface area contributed by atoms with Crippen LogP contribution in [0.15, 0.2) is 24.3 Å². The molecule has 1 fully saturated rings. The van der Waals surface area contributed by atoms with E-state index in [1.54, 1.807) is 12.0 Å². The van der Waals surface area contributed by atoms with Gasteiger partial charge < -0.3 is 15.4 Å². The maximum absolute atomic E-state index is 11.6. The molecule has 21 heavy (non-hydrogen) atoms. The average Bonchev–Trinajstić information content (AvgIpc) is 2.47. The predicted molar refractivity (Wildman–Crippen MR) is 78.6 cm³/mol. The van der Waals surface area contributed by atoms with Crippen LogP contribution in [0.2, 0.25) is 0 Å². The van der Waals surface area contributed by atoms with Crippen LogP contribution in [-0.2, 0) is 16.1 Å². The second kappa shape index (κ2) is 6.58. The van der Waals surface area contributed by atoms with Gasteiger partial charge in [0.1, 0.15) is 11.8 Å². The van der Waals surface area contributed by atoms with Crippen LogP contribution in [0.4, 0.5) is 0 Å². The van der Waals surface area contributed by atoms with Crippen molar-refractivity contribution in [1.82, 2.24) is 9.80 Å². The molecule has 1 saturated heterocycles. The Morgan fingerprint density at radius 1 is 1.33 bits per heavy atom. The van der Waals surface area contributed by atoms with Crippen LogP contribution >= 0.6 is 0 Å². The first-order valence-corrected chi connectivity index (χ1v) is 6.93. The summed E-state index contributed by atoms with van der Waals surface area (Å²) < 4.78 is 5.34. The monoisotopic (exact) mass is 291 g/mol. The molecule has 2 rings (SSSR count). The van der Waals surface area contributed by atoms with Gasteiger partial charge in [0.05, 0.1) is 7.11 Å². The fourth-order valence-corrected chi connectivity index (χ4v) is 2.68. The summed E-state index contributed by atoms with van der Waals surface area (Å²) in [6.07, 6.45) is 0. The third-order valence-electron chi connectivity index (χ3n) is 3.78. The Morgan fingerprint density at radius 3 is 2.67 bits per heavy atom. The third-order valence-corrected chi connectivity index (χ3v) is 3.78. The number of hydrogen-bond donors (Lipinski definition) is 1. The molecule has 0 spiro atoms. The molecule has 6 nitrogen and oxygen atoms in total. The number of primary amides is 1. The first-order chi connectivity index (χ1) is 10.0. The molecule has 0 aromatic heterocycles. The Labute approximate surface area is 124 Å². The quantitative estimate of drug-likeness (QED) is 0.860. The van der Waals surface area contributed by atoms with E-state index in [1.165, 1.54) is 6.92 Å². The summed E-state index contributed by atoms with van der Waals surface area (Å²) in [7, 11) is 1.64. The molecule has 1 aliphatic heterocycles. The van der Waals surface area contributed by atoms with Crippen molar-refractivity contribution in [2.45, 2.75) is 19.5 Å². The number of rotatable bonds is 4. The van der Waals surface area contributed by atoms with E-state index in [4.69, 9.17) is 10.5 Å². The van der Waals surface area contributed by atoms with E-state index >= 15 is 0 Å². The fourth-order valence-electron chi connectivity index (χ4n) is 2.68. The van der Waals surface area contributed by atoms with Crippen LogP contribution < -0.4 is 10.5 Å². The standard InChI is InChI=1S/C15H21N3O3/c1-11(19)18-8-7-17(10-13(18)15(16)20)9-12-5-3-4-6-14(12)21-2/h3-6,13H,7-10H2,1-2H3,(H2,16,20). The largest absolute Gasteiger partial charge is 0.496 e. The maximum atomic E-state index is 11.6. The smallest absolute Gasteiger partial charge is 0.241 e. The lowest BCUT2D eigenvalue weighted by Crippen LogP contribution is -2.59. The first-order valence-electron chi connectivity index (χ1n) is 6.93. The number of carbonyl (C=O) groups excluding carboxylic acids is 2. The summed E-state index contributed by atoms with van der Waals surface area (Å²) >= 11 is 0. The SMILES string of the molecule is COc1ccccc1CN1CCN(C(C)=O)C(C(N)=O)C1. The molecule has 1 unspecified atom stereocenters. The van der Waals surface area contributed by atoms with Gasteiger partial charge in [-0.15, -0.1) is 0 Å². The Morgan fingerprint density at radius 2 is 2.05 bits per heavy atom. The first kappa shape index (κ1) is 15.3. The predicted octanol–water partition coefficient (Wildman–Crippen LogP) is 0.213. The molecule has 2 N–H and O–H groups in total. The van der Waals surface area contributed by atoms with Gasteiger partial charge in [-0.2, -0.15) is 0 Å². The summed E-state index contributed by atoms with van der Waals surface area (Å²) in [6.45, 7) is 3.80. The minimum atomic E-state index is -0.564. The van der Waals surface area contributed by atoms with Gasteiger partial charge in [0, 0.05) is 38.7 Å². The normalized spacial score (nSPS) is 19.3. The van der Waals surface area contributed by atoms with E-state index < -0.39 is 11.9 Å². The molecule has 0 bridgehead atoms. The van der Waals surface area contributed by atoms with Crippen molar-refractivity contribution < 1.29 is 14.3 Å². The second-order valence-electron chi connectivity index (χ2n) is 5.18. The number of methoxy groups -OCH3 is 1. The van der Waals surface area contributed by atoms with Crippen molar-refractivity contribution in [2.75, 3.05) is 26.7 Å². The number of amides is 2. The van der Waals surface area contributed by atoms with Gasteiger partial charge in [0.25, 0.3) is 0 Å². The number of para-hydroxylation sites is 1. The average molecular weight is 291 g/mol. The lowest BCUT2D eigenvalue weighted by atomic mass is 10.1. The van der Waals surface area contributed by atoms with Crippen LogP contribution in [0.25, 0.3) is 0 Å². The van der Waals surface area contributed by atoms with E-state index in [1.807, 2.05) is 24.3 Å². The topological polar surface area (TPSA) is 75.9 Å². The molecule has 1 aliphatic rings. The Bertz CT molecular complexity index is 533. The number of nitrogens with two attached hydrogens (primary N) is 1. The number of nitrogens with zero attached hydrogens (tertiary/aromatic N) is 2. The summed E-state index contributed by atoms with van der Waals surface area (Å²) in [5.74, 6) is 0.243. The molecular formula is C15H21N3O3. The number of ether oxygens (including phenoxy) is 1. The minimum Gasteiger partial charge on any atom is -0.496 e. The van der Waals surface area contributed by atoms with Crippen LogP contribution in [0, 0.1) is 0 Å². The van der Waals surface area contributed by atoms with Crippen LogP contribution in [0.5, 0.6) is 5.75 Å². The van der Waals surface area contributed by atoms with Crippen LogP contribution in [0.1, 0.15) is 12.5 Å². The Kier molecular flexibility index (Phi) is 4.80. The van der Waals surface area contributed by atoms with Gasteiger partial charge in [0.2, 0.25) is 11.8 Å². The summed E-state index contributed by atoms with van der Waals surface area (Å²) in [6, 6.07) is 7.21. The number of carbonyl (C=O) groups is 2. The van der Waals surface area contributed by atoms with Gasteiger partial charge in [-0.25, -0.2) is 0 Å². The van der Waals surface area contributed by atoms with Crippen LogP contribution in [-0.4, -0.2) is 54.4 Å². The molecular weight excluding hydrogens is 270 g/mol. The molecule has 6 heteroatoms. The van der Waals surface area contributed by atoms with E-state index in [-0.39, 0.29) is 5.91 Å². The number of benzene rings is 1. The van der Waals surface area contributed by atoms with Crippen molar-refractivity contribution in [3.63, 3.8) is 0 Å². The summed E-state index contributed by atoms with van der Waals surface area (Å²) in [4.78, 5) is 26.8. The maximum Gasteiger partial charge on any atom is 0.241 e. The van der Waals surface area contributed by atoms with E-state index in [0.29, 0.717) is 26.2 Å². The molecule has 0 aliphatic carbocycles. The summed E-state index contributed by atoms with van der Waals surface area (Å²) in [5.41, 5.74) is 6.48. The zero-order chi connectivity index (χ0) is 15.4. The number of hydrogen-bond acceptors (Lipinski definition) is 4. The lowest BCUT2D eigenvalue weighted by Gasteiger charge is -2.39. The molecule has 1 heterocycles. The Hall–Kier alpha value is -2.08. The fraction of sp³-hybridized carbons (Fsp3) is 0.467. The third kappa shape index (κ3) is 3.52. The van der Waals surface area contributed by atoms with Crippen LogP contribution in [0.3, 0.4) is 0 Å². The lowest BCUT2D eigenvalue weighted by molar-refractivity contribution is -0.141. The van der Waals surface area contributed by atoms with Crippen molar-refractivity contribution in [3.8, 4) is 5.75 Å². The molecule has 0 radical (unpaired) electrons. The molecule has 0 saturated carbocycles. The molecule has 1 aromatic carbocycles. The van der Waals surface area contributed by atoms with Crippen molar-refractivity contribution in [3.05, 3.63) is 29.8 Å². The Balaban J connectivity index is 2.09. The molecule has 1 atom stereocenters. The van der Waals surface area contributed by atoms with Crippen molar-refractivity contribution >= 4 is 11.8 Å². The van der Waals surface area contributed by atoms with E-state index in [2.05, 4.69) is 4.90 Å². The highest BCUT2D eigenvalue weighted by atomic mass is 16.5. The van der Waals surface area contributed by atoms with Gasteiger partial charge >= 0.3 is 0 Å². The molecule has 2 amide bonds. The van der Waals surface area contributed by atoms with Crippen molar-refractivity contribution in [1.29, 1.82) is 0 Å². The van der Waals surface area contributed by atoms with Gasteiger partial charge in [-0.3, -0.25) is 14.5 Å². The summed E-state index contributed by atoms with van der Waals surface area (Å²) in [5, 5.41) is 0. The van der Waals surface area contributed by atoms with Crippen molar-refractivity contribution in [2.24, 2.45) is 5.73 Å². The second-order valence-corrected chi connectivity index (χ2v) is 5.18. The highest BCUT2D eigenvalue weighted by molar-refractivity contribution is 5.86. The highest BCUT2D eigenvalue weighted by Crippen LogP contribution is 2.21. The molecule has 1 aromatic rings. The highest BCUT2D eigenvalue weighted by Gasteiger charge is 2.32. The zero-order valence-corrected chi connectivity index (χ0v) is 12.4. The molecule has 114 valence electrons. The minimum absolute atomic E-state index is 0.115. The van der Waals surface area contributed by atoms with Gasteiger partial charge in [-0.1, -0.05) is 18.2 Å². The van der Waals surface area contributed by atoms with Gasteiger partial charge in [-0.05, 0) is 6.07 Å². The number of piperazine rings is 1.